The Morgan fingerprint density at radius 1 is 1.22 bits per heavy atom. The van der Waals surface area contributed by atoms with Crippen LogP contribution in [0.1, 0.15) is 58.8 Å². The van der Waals surface area contributed by atoms with Gasteiger partial charge in [0.05, 0.1) is 5.41 Å². The van der Waals surface area contributed by atoms with Gasteiger partial charge >= 0.3 is 0 Å². The second-order valence-corrected chi connectivity index (χ2v) is 5.41. The molecule has 1 fully saturated rings. The molecule has 0 atom stereocenters. The predicted molar refractivity (Wildman–Crippen MR) is 78.9 cm³/mol. The van der Waals surface area contributed by atoms with Crippen molar-refractivity contribution in [1.29, 1.82) is 0 Å². The van der Waals surface area contributed by atoms with Crippen LogP contribution >= 0.6 is 12.4 Å². The molecule has 3 N–H and O–H groups in total. The lowest BCUT2D eigenvalue weighted by atomic mass is 9.81. The zero-order valence-corrected chi connectivity index (χ0v) is 12.7. The maximum absolute atomic E-state index is 12.2. The molecule has 1 aliphatic carbocycles. The van der Waals surface area contributed by atoms with Crippen LogP contribution in [0.15, 0.2) is 0 Å². The monoisotopic (exact) mass is 276 g/mol. The van der Waals surface area contributed by atoms with E-state index in [1.165, 1.54) is 32.1 Å². The highest BCUT2D eigenvalue weighted by atomic mass is 35.5. The van der Waals surface area contributed by atoms with Crippen molar-refractivity contribution >= 4 is 18.3 Å². The second-order valence-electron chi connectivity index (χ2n) is 5.41. The van der Waals surface area contributed by atoms with Crippen molar-refractivity contribution in [3.05, 3.63) is 0 Å². The molecule has 108 valence electrons. The summed E-state index contributed by atoms with van der Waals surface area (Å²) in [6.45, 7) is 5.41. The molecule has 0 aromatic heterocycles. The molecule has 0 aromatic rings. The van der Waals surface area contributed by atoms with Crippen LogP contribution in [0.3, 0.4) is 0 Å². The highest BCUT2D eigenvalue weighted by Gasteiger charge is 2.33. The fourth-order valence-corrected chi connectivity index (χ4v) is 2.77. The van der Waals surface area contributed by atoms with E-state index in [-0.39, 0.29) is 23.7 Å². The number of carbonyl (C=O) groups is 1. The molecule has 0 saturated heterocycles. The molecular weight excluding hydrogens is 248 g/mol. The minimum absolute atomic E-state index is 0. The lowest BCUT2D eigenvalue weighted by molar-refractivity contribution is -0.131. The predicted octanol–water partition coefficient (Wildman–Crippen LogP) is 2.87. The van der Waals surface area contributed by atoms with E-state index >= 15 is 0 Å². The van der Waals surface area contributed by atoms with Crippen molar-refractivity contribution in [2.45, 2.75) is 58.8 Å². The Kier molecular flexibility index (Phi) is 8.62. The average molecular weight is 277 g/mol. The SMILES string of the molecule is CCC(CC)(CN)C(=O)NCC1CCCCC1.Cl. The van der Waals surface area contributed by atoms with E-state index in [2.05, 4.69) is 19.2 Å². The highest BCUT2D eigenvalue weighted by molar-refractivity contribution is 5.85. The minimum atomic E-state index is -0.339. The van der Waals surface area contributed by atoms with Gasteiger partial charge in [0.15, 0.2) is 0 Å². The Hall–Kier alpha value is -0.280. The van der Waals surface area contributed by atoms with Gasteiger partial charge < -0.3 is 11.1 Å². The van der Waals surface area contributed by atoms with E-state index in [9.17, 15) is 4.79 Å². The number of nitrogens with two attached hydrogens (primary N) is 1. The molecule has 0 aromatic carbocycles. The highest BCUT2D eigenvalue weighted by Crippen LogP contribution is 2.26. The van der Waals surface area contributed by atoms with Crippen molar-refractivity contribution in [3.63, 3.8) is 0 Å². The average Bonchev–Trinajstić information content (AvgIpc) is 2.40. The third-order valence-electron chi connectivity index (χ3n) is 4.50. The smallest absolute Gasteiger partial charge is 0.227 e. The Morgan fingerprint density at radius 3 is 2.22 bits per heavy atom. The molecule has 0 bridgehead atoms. The molecule has 0 radical (unpaired) electrons. The molecule has 0 unspecified atom stereocenters. The van der Waals surface area contributed by atoms with E-state index < -0.39 is 0 Å². The second kappa shape index (κ2) is 8.76. The van der Waals surface area contributed by atoms with E-state index in [4.69, 9.17) is 5.73 Å². The van der Waals surface area contributed by atoms with E-state index in [0.29, 0.717) is 12.5 Å². The molecule has 3 nitrogen and oxygen atoms in total. The van der Waals surface area contributed by atoms with Gasteiger partial charge in [0.1, 0.15) is 0 Å². The quantitative estimate of drug-likeness (QED) is 0.784. The summed E-state index contributed by atoms with van der Waals surface area (Å²) in [7, 11) is 0. The van der Waals surface area contributed by atoms with Crippen LogP contribution < -0.4 is 11.1 Å². The van der Waals surface area contributed by atoms with Crippen LogP contribution in [0, 0.1) is 11.3 Å². The zero-order chi connectivity index (χ0) is 12.7. The first-order valence-electron chi connectivity index (χ1n) is 7.17. The number of rotatable bonds is 6. The maximum Gasteiger partial charge on any atom is 0.227 e. The summed E-state index contributed by atoms with van der Waals surface area (Å²) >= 11 is 0. The largest absolute Gasteiger partial charge is 0.355 e. The summed E-state index contributed by atoms with van der Waals surface area (Å²) in [5.41, 5.74) is 5.44. The van der Waals surface area contributed by atoms with Gasteiger partial charge in [0, 0.05) is 13.1 Å². The minimum Gasteiger partial charge on any atom is -0.355 e. The molecule has 1 rings (SSSR count). The normalized spacial score (nSPS) is 17.1. The number of amides is 1. The third kappa shape index (κ3) is 4.43. The molecule has 1 amide bonds. The van der Waals surface area contributed by atoms with E-state index in [1.54, 1.807) is 0 Å². The number of hydrogen-bond donors (Lipinski definition) is 2. The molecule has 4 heteroatoms. The van der Waals surface area contributed by atoms with Crippen LogP contribution in [0.5, 0.6) is 0 Å². The van der Waals surface area contributed by atoms with Gasteiger partial charge in [-0.3, -0.25) is 4.79 Å². The molecule has 0 spiro atoms. The van der Waals surface area contributed by atoms with Gasteiger partial charge in [-0.05, 0) is 31.6 Å². The number of hydrogen-bond acceptors (Lipinski definition) is 2. The lowest BCUT2D eigenvalue weighted by Gasteiger charge is -2.30. The summed E-state index contributed by atoms with van der Waals surface area (Å²) in [5.74, 6) is 0.854. The van der Waals surface area contributed by atoms with Gasteiger partial charge in [-0.1, -0.05) is 33.1 Å². The number of nitrogens with one attached hydrogen (secondary N) is 1. The van der Waals surface area contributed by atoms with Crippen molar-refractivity contribution in [3.8, 4) is 0 Å². The standard InChI is InChI=1S/C14H28N2O.ClH/c1-3-14(4-2,11-15)13(17)16-10-12-8-6-5-7-9-12;/h12H,3-11,15H2,1-2H3,(H,16,17);1H. The van der Waals surface area contributed by atoms with Crippen molar-refractivity contribution in [1.82, 2.24) is 5.32 Å². The molecule has 1 saturated carbocycles. The van der Waals surface area contributed by atoms with Gasteiger partial charge in [0.25, 0.3) is 0 Å². The molecule has 0 aliphatic heterocycles. The summed E-state index contributed by atoms with van der Waals surface area (Å²) in [5, 5.41) is 3.13. The van der Waals surface area contributed by atoms with E-state index in [1.807, 2.05) is 0 Å². The summed E-state index contributed by atoms with van der Waals surface area (Å²) in [6.07, 6.45) is 8.21. The van der Waals surface area contributed by atoms with Crippen molar-refractivity contribution < 1.29 is 4.79 Å². The molecule has 0 heterocycles. The maximum atomic E-state index is 12.2. The third-order valence-corrected chi connectivity index (χ3v) is 4.50. The van der Waals surface area contributed by atoms with Crippen molar-refractivity contribution in [2.24, 2.45) is 17.1 Å². The molecule has 18 heavy (non-hydrogen) atoms. The topological polar surface area (TPSA) is 55.1 Å². The summed E-state index contributed by atoms with van der Waals surface area (Å²) < 4.78 is 0. The van der Waals surface area contributed by atoms with Crippen LogP contribution in [-0.2, 0) is 4.79 Å². The van der Waals surface area contributed by atoms with Crippen LogP contribution in [0.2, 0.25) is 0 Å². The first kappa shape index (κ1) is 17.7. The summed E-state index contributed by atoms with van der Waals surface area (Å²) in [4.78, 5) is 12.2. The Bertz CT molecular complexity index is 228. The van der Waals surface area contributed by atoms with Gasteiger partial charge in [-0.25, -0.2) is 0 Å². The fraction of sp³-hybridized carbons (Fsp3) is 0.929. The van der Waals surface area contributed by atoms with Crippen LogP contribution in [0.25, 0.3) is 0 Å². The number of halogens is 1. The molecule has 1 aliphatic rings. The Morgan fingerprint density at radius 2 is 1.78 bits per heavy atom. The van der Waals surface area contributed by atoms with Crippen LogP contribution in [0.4, 0.5) is 0 Å². The number of carbonyl (C=O) groups excluding carboxylic acids is 1. The van der Waals surface area contributed by atoms with Gasteiger partial charge in [0.2, 0.25) is 5.91 Å². The molecular formula is C14H29ClN2O. The summed E-state index contributed by atoms with van der Waals surface area (Å²) in [6, 6.07) is 0. The lowest BCUT2D eigenvalue weighted by Crippen LogP contribution is -2.46. The fourth-order valence-electron chi connectivity index (χ4n) is 2.77. The first-order valence-corrected chi connectivity index (χ1v) is 7.17. The first-order chi connectivity index (χ1) is 8.18. The Labute approximate surface area is 118 Å². The van der Waals surface area contributed by atoms with Gasteiger partial charge in [-0.2, -0.15) is 0 Å². The van der Waals surface area contributed by atoms with Crippen LogP contribution in [-0.4, -0.2) is 19.0 Å². The Balaban J connectivity index is 0.00000289. The van der Waals surface area contributed by atoms with Crippen molar-refractivity contribution in [2.75, 3.05) is 13.1 Å². The van der Waals surface area contributed by atoms with E-state index in [0.717, 1.165) is 19.4 Å². The van der Waals surface area contributed by atoms with Gasteiger partial charge in [-0.15, -0.1) is 12.4 Å². The zero-order valence-electron chi connectivity index (χ0n) is 11.8.